The molecule has 1 aromatic carbocycles. The van der Waals surface area contributed by atoms with E-state index in [9.17, 15) is 14.9 Å². The summed E-state index contributed by atoms with van der Waals surface area (Å²) >= 11 is 0. The number of pyridine rings is 1. The molecule has 150 valence electrons. The van der Waals surface area contributed by atoms with Crippen molar-refractivity contribution in [3.8, 4) is 0 Å². The number of aromatic nitrogens is 2. The van der Waals surface area contributed by atoms with E-state index < -0.39 is 11.7 Å². The van der Waals surface area contributed by atoms with E-state index in [2.05, 4.69) is 4.98 Å². The average Bonchev–Trinajstić information content (AvgIpc) is 3.25. The monoisotopic (exact) mass is 394 g/mol. The van der Waals surface area contributed by atoms with Crippen LogP contribution < -0.4 is 4.90 Å². The van der Waals surface area contributed by atoms with Gasteiger partial charge in [0.15, 0.2) is 0 Å². The lowest BCUT2D eigenvalue weighted by atomic mass is 10.1. The Kier molecular flexibility index (Phi) is 4.49. The number of benzene rings is 1. The highest BCUT2D eigenvalue weighted by Gasteiger charge is 2.31. The molecule has 0 fully saturated rings. The fraction of sp³-hybridized carbons (Fsp3) is 0.333. The zero-order valence-corrected chi connectivity index (χ0v) is 16.6. The lowest BCUT2D eigenvalue weighted by molar-refractivity contribution is -0.383. The fourth-order valence-corrected chi connectivity index (χ4v) is 3.69. The van der Waals surface area contributed by atoms with E-state index in [1.54, 1.807) is 23.2 Å². The van der Waals surface area contributed by atoms with Gasteiger partial charge in [-0.2, -0.15) is 0 Å². The topological polar surface area (TPSA) is 90.5 Å². The Morgan fingerprint density at radius 1 is 1.28 bits per heavy atom. The predicted molar refractivity (Wildman–Crippen MR) is 109 cm³/mol. The molecule has 0 aliphatic carbocycles. The van der Waals surface area contributed by atoms with Crippen LogP contribution in [-0.2, 0) is 17.7 Å². The van der Waals surface area contributed by atoms with Gasteiger partial charge in [0.2, 0.25) is 0 Å². The maximum atomic E-state index is 12.5. The second-order valence-electron chi connectivity index (χ2n) is 8.06. The summed E-state index contributed by atoms with van der Waals surface area (Å²) < 4.78 is 7.48. The maximum absolute atomic E-state index is 12.5. The molecule has 0 N–H and O–H groups in total. The third-order valence-electron chi connectivity index (χ3n) is 4.91. The number of nitro groups is 1. The summed E-state index contributed by atoms with van der Waals surface area (Å²) in [4.78, 5) is 29.4. The van der Waals surface area contributed by atoms with Gasteiger partial charge >= 0.3 is 6.09 Å². The number of carbonyl (C=O) groups is 1. The summed E-state index contributed by atoms with van der Waals surface area (Å²) in [5.74, 6) is 0.624. The number of non-ortho nitro benzene ring substituents is 1. The van der Waals surface area contributed by atoms with Gasteiger partial charge in [0, 0.05) is 37.1 Å². The summed E-state index contributed by atoms with van der Waals surface area (Å²) in [5, 5.41) is 11.9. The van der Waals surface area contributed by atoms with E-state index in [0.29, 0.717) is 30.7 Å². The standard InChI is InChI=1S/C21H22N4O4/c1-21(2,3)29-20(26)24-12-9-15-14(7-10-22-19(15)24)13-23-11-8-16-17(23)5-4-6-18(16)25(27)28/h4-8,10-11H,9,12-13H2,1-3H3. The Balaban J connectivity index is 1.66. The molecule has 1 aliphatic heterocycles. The Morgan fingerprint density at radius 2 is 2.07 bits per heavy atom. The minimum absolute atomic E-state index is 0.0947. The Hall–Kier alpha value is -3.42. The van der Waals surface area contributed by atoms with Crippen molar-refractivity contribution in [1.29, 1.82) is 0 Å². The average molecular weight is 394 g/mol. The van der Waals surface area contributed by atoms with Crippen LogP contribution in [0.2, 0.25) is 0 Å². The second-order valence-corrected chi connectivity index (χ2v) is 8.06. The van der Waals surface area contributed by atoms with Gasteiger partial charge in [0.1, 0.15) is 11.4 Å². The molecule has 1 aliphatic rings. The Labute approximate surface area is 167 Å². The van der Waals surface area contributed by atoms with Crippen LogP contribution in [0.5, 0.6) is 0 Å². The van der Waals surface area contributed by atoms with E-state index in [1.165, 1.54) is 6.07 Å². The van der Waals surface area contributed by atoms with Gasteiger partial charge in [0.25, 0.3) is 5.69 Å². The zero-order chi connectivity index (χ0) is 20.8. The number of hydrogen-bond donors (Lipinski definition) is 0. The lowest BCUT2D eigenvalue weighted by Crippen LogP contribution is -2.36. The van der Waals surface area contributed by atoms with E-state index in [4.69, 9.17) is 4.74 Å². The molecular weight excluding hydrogens is 372 g/mol. The van der Waals surface area contributed by atoms with Crippen LogP contribution in [0.1, 0.15) is 31.9 Å². The van der Waals surface area contributed by atoms with Crippen LogP contribution in [0.3, 0.4) is 0 Å². The zero-order valence-electron chi connectivity index (χ0n) is 16.6. The highest BCUT2D eigenvalue weighted by atomic mass is 16.6. The molecule has 0 radical (unpaired) electrons. The van der Waals surface area contributed by atoms with Crippen LogP contribution in [0.25, 0.3) is 10.9 Å². The van der Waals surface area contributed by atoms with Crippen molar-refractivity contribution in [2.45, 2.75) is 39.3 Å². The first-order chi connectivity index (χ1) is 13.7. The SMILES string of the molecule is CC(C)(C)OC(=O)N1CCc2c(Cn3ccc4c([N+](=O)[O-])cccc43)ccnc21. The number of hydrogen-bond acceptors (Lipinski definition) is 5. The quantitative estimate of drug-likeness (QED) is 0.488. The van der Waals surface area contributed by atoms with Crippen molar-refractivity contribution in [2.24, 2.45) is 0 Å². The van der Waals surface area contributed by atoms with Crippen molar-refractivity contribution in [1.82, 2.24) is 9.55 Å². The van der Waals surface area contributed by atoms with Gasteiger partial charge in [-0.3, -0.25) is 15.0 Å². The molecule has 8 heteroatoms. The van der Waals surface area contributed by atoms with Crippen LogP contribution in [0.15, 0.2) is 42.7 Å². The minimum atomic E-state index is -0.573. The lowest BCUT2D eigenvalue weighted by Gasteiger charge is -2.24. The molecule has 1 amide bonds. The first kappa shape index (κ1) is 18.9. The molecule has 0 unspecified atom stereocenters. The number of ether oxygens (including phenoxy) is 1. The molecule has 8 nitrogen and oxygen atoms in total. The van der Waals surface area contributed by atoms with Crippen molar-refractivity contribution < 1.29 is 14.5 Å². The van der Waals surface area contributed by atoms with Crippen LogP contribution in [-0.4, -0.2) is 32.7 Å². The molecular formula is C21H22N4O4. The van der Waals surface area contributed by atoms with Gasteiger partial charge in [-0.15, -0.1) is 0 Å². The molecule has 0 atom stereocenters. The van der Waals surface area contributed by atoms with Crippen LogP contribution >= 0.6 is 0 Å². The third kappa shape index (κ3) is 3.53. The first-order valence-electron chi connectivity index (χ1n) is 9.44. The molecule has 2 aromatic heterocycles. The summed E-state index contributed by atoms with van der Waals surface area (Å²) in [7, 11) is 0. The fourth-order valence-electron chi connectivity index (χ4n) is 3.69. The number of rotatable bonds is 3. The number of nitrogens with zero attached hydrogens (tertiary/aromatic N) is 4. The van der Waals surface area contributed by atoms with Crippen molar-refractivity contribution in [3.63, 3.8) is 0 Å². The summed E-state index contributed by atoms with van der Waals surface area (Å²) in [6, 6.07) is 8.77. The molecule has 0 saturated carbocycles. The molecule has 0 spiro atoms. The summed E-state index contributed by atoms with van der Waals surface area (Å²) in [6.45, 7) is 6.57. The smallest absolute Gasteiger partial charge is 0.416 e. The molecule has 0 bridgehead atoms. The molecule has 0 saturated heterocycles. The largest absolute Gasteiger partial charge is 0.443 e. The van der Waals surface area contributed by atoms with Gasteiger partial charge in [-0.05, 0) is 51.0 Å². The molecule has 4 rings (SSSR count). The van der Waals surface area contributed by atoms with Crippen molar-refractivity contribution >= 4 is 28.5 Å². The highest BCUT2D eigenvalue weighted by Crippen LogP contribution is 2.32. The van der Waals surface area contributed by atoms with Crippen molar-refractivity contribution in [2.75, 3.05) is 11.4 Å². The number of fused-ring (bicyclic) bond motifs is 2. The van der Waals surface area contributed by atoms with Crippen molar-refractivity contribution in [3.05, 3.63) is 64.0 Å². The number of amides is 1. The number of carbonyl (C=O) groups excluding carboxylic acids is 1. The van der Waals surface area contributed by atoms with Crippen LogP contribution in [0, 0.1) is 10.1 Å². The Bertz CT molecular complexity index is 1110. The van der Waals surface area contributed by atoms with Crippen LogP contribution in [0.4, 0.5) is 16.3 Å². The normalized spacial score (nSPS) is 13.6. The molecule has 29 heavy (non-hydrogen) atoms. The minimum Gasteiger partial charge on any atom is -0.443 e. The number of nitro benzene ring substituents is 1. The van der Waals surface area contributed by atoms with E-state index in [1.807, 2.05) is 43.7 Å². The third-order valence-corrected chi connectivity index (χ3v) is 4.91. The highest BCUT2D eigenvalue weighted by molar-refractivity contribution is 5.90. The van der Waals surface area contributed by atoms with E-state index in [-0.39, 0.29) is 10.6 Å². The van der Waals surface area contributed by atoms with Gasteiger partial charge in [0.05, 0.1) is 15.8 Å². The Morgan fingerprint density at radius 3 is 2.79 bits per heavy atom. The number of anilines is 1. The second kappa shape index (κ2) is 6.88. The van der Waals surface area contributed by atoms with Gasteiger partial charge in [-0.25, -0.2) is 9.78 Å². The molecule has 3 aromatic rings. The van der Waals surface area contributed by atoms with E-state index in [0.717, 1.165) is 16.6 Å². The summed E-state index contributed by atoms with van der Waals surface area (Å²) in [6.07, 6.45) is 3.83. The van der Waals surface area contributed by atoms with E-state index >= 15 is 0 Å². The van der Waals surface area contributed by atoms with Gasteiger partial charge in [-0.1, -0.05) is 6.07 Å². The van der Waals surface area contributed by atoms with Gasteiger partial charge < -0.3 is 9.30 Å². The maximum Gasteiger partial charge on any atom is 0.416 e. The predicted octanol–water partition coefficient (Wildman–Crippen LogP) is 4.29. The summed E-state index contributed by atoms with van der Waals surface area (Å²) in [5.41, 5.74) is 2.36. The first-order valence-corrected chi connectivity index (χ1v) is 9.44. The molecule has 3 heterocycles.